The van der Waals surface area contributed by atoms with Crippen LogP contribution in [0.4, 0.5) is 15.8 Å². The van der Waals surface area contributed by atoms with E-state index in [-0.39, 0.29) is 29.7 Å². The molecule has 7 nitrogen and oxygen atoms in total. The van der Waals surface area contributed by atoms with Crippen molar-refractivity contribution in [3.8, 4) is 0 Å². The lowest BCUT2D eigenvalue weighted by Gasteiger charge is -2.16. The Bertz CT molecular complexity index is 870. The number of non-ortho nitro benzene ring substituents is 1. The number of hydrogen-bond acceptors (Lipinski definition) is 4. The molecule has 1 N–H and O–H groups in total. The average molecular weight is 371 g/mol. The van der Waals surface area contributed by atoms with E-state index in [0.29, 0.717) is 25.2 Å². The van der Waals surface area contributed by atoms with Gasteiger partial charge in [-0.2, -0.15) is 0 Å². The molecule has 0 spiro atoms. The molecule has 0 bridgehead atoms. The van der Waals surface area contributed by atoms with Crippen LogP contribution >= 0.6 is 0 Å². The quantitative estimate of drug-likeness (QED) is 0.624. The van der Waals surface area contributed by atoms with Gasteiger partial charge in [0.25, 0.3) is 5.69 Å². The van der Waals surface area contributed by atoms with Gasteiger partial charge in [0.2, 0.25) is 11.8 Å². The monoisotopic (exact) mass is 371 g/mol. The summed E-state index contributed by atoms with van der Waals surface area (Å²) >= 11 is 0. The van der Waals surface area contributed by atoms with Crippen molar-refractivity contribution in [2.24, 2.45) is 5.92 Å². The lowest BCUT2D eigenvalue weighted by molar-refractivity contribution is -0.384. The summed E-state index contributed by atoms with van der Waals surface area (Å²) in [7, 11) is 0. The first-order valence-electron chi connectivity index (χ1n) is 8.50. The molecule has 140 valence electrons. The number of anilines is 1. The van der Waals surface area contributed by atoms with Gasteiger partial charge in [-0.05, 0) is 30.2 Å². The Labute approximate surface area is 154 Å². The third-order valence-electron chi connectivity index (χ3n) is 4.49. The minimum atomic E-state index is -0.536. The van der Waals surface area contributed by atoms with Gasteiger partial charge >= 0.3 is 0 Å². The van der Waals surface area contributed by atoms with Crippen LogP contribution in [-0.4, -0.2) is 34.7 Å². The SMILES string of the molecule is O=C(Nc1cccc([N+](=O)[O-])c1)C1CC(=O)N(CCc2ccc(F)cc2)C1. The Balaban J connectivity index is 1.56. The van der Waals surface area contributed by atoms with Gasteiger partial charge in [-0.1, -0.05) is 18.2 Å². The summed E-state index contributed by atoms with van der Waals surface area (Å²) in [6.07, 6.45) is 0.676. The van der Waals surface area contributed by atoms with Gasteiger partial charge in [-0.15, -0.1) is 0 Å². The number of likely N-dealkylation sites (tertiary alicyclic amines) is 1. The maximum atomic E-state index is 12.9. The van der Waals surface area contributed by atoms with Crippen LogP contribution in [0.5, 0.6) is 0 Å². The number of benzene rings is 2. The molecule has 2 aromatic rings. The van der Waals surface area contributed by atoms with Crippen molar-refractivity contribution < 1.29 is 18.9 Å². The number of hydrogen-bond donors (Lipinski definition) is 1. The molecule has 1 heterocycles. The number of carbonyl (C=O) groups is 2. The lowest BCUT2D eigenvalue weighted by Crippen LogP contribution is -2.30. The van der Waals surface area contributed by atoms with E-state index in [2.05, 4.69) is 5.32 Å². The number of nitro groups is 1. The summed E-state index contributed by atoms with van der Waals surface area (Å²) in [5.74, 6) is -1.27. The molecule has 1 saturated heterocycles. The van der Waals surface area contributed by atoms with Crippen molar-refractivity contribution in [2.75, 3.05) is 18.4 Å². The third-order valence-corrected chi connectivity index (χ3v) is 4.49. The molecule has 0 radical (unpaired) electrons. The zero-order valence-corrected chi connectivity index (χ0v) is 14.4. The molecule has 0 saturated carbocycles. The van der Waals surface area contributed by atoms with Crippen LogP contribution in [0.3, 0.4) is 0 Å². The molecule has 1 aliphatic heterocycles. The molecule has 8 heteroatoms. The molecular formula is C19H18FN3O4. The molecule has 1 atom stereocenters. The van der Waals surface area contributed by atoms with E-state index in [9.17, 15) is 24.1 Å². The Morgan fingerprint density at radius 3 is 2.70 bits per heavy atom. The standard InChI is InChI=1S/C19H18FN3O4/c20-15-6-4-13(5-7-15)8-9-22-12-14(10-18(22)24)19(25)21-16-2-1-3-17(11-16)23(26)27/h1-7,11,14H,8-10,12H2,(H,21,25). The van der Waals surface area contributed by atoms with Gasteiger partial charge in [-0.25, -0.2) is 4.39 Å². The second-order valence-electron chi connectivity index (χ2n) is 6.41. The summed E-state index contributed by atoms with van der Waals surface area (Å²) in [6, 6.07) is 11.8. The maximum Gasteiger partial charge on any atom is 0.271 e. The van der Waals surface area contributed by atoms with Gasteiger partial charge < -0.3 is 10.2 Å². The van der Waals surface area contributed by atoms with Crippen LogP contribution in [-0.2, 0) is 16.0 Å². The van der Waals surface area contributed by atoms with Crippen molar-refractivity contribution in [1.82, 2.24) is 4.90 Å². The van der Waals surface area contributed by atoms with Gasteiger partial charge in [0.1, 0.15) is 5.82 Å². The van der Waals surface area contributed by atoms with Crippen molar-refractivity contribution >= 4 is 23.2 Å². The first kappa shape index (κ1) is 18.5. The number of halogens is 1. The highest BCUT2D eigenvalue weighted by atomic mass is 19.1. The highest BCUT2D eigenvalue weighted by molar-refractivity contribution is 5.97. The average Bonchev–Trinajstić information content (AvgIpc) is 3.02. The van der Waals surface area contributed by atoms with Gasteiger partial charge in [-0.3, -0.25) is 19.7 Å². The zero-order chi connectivity index (χ0) is 19.4. The van der Waals surface area contributed by atoms with Crippen molar-refractivity contribution in [3.05, 3.63) is 70.0 Å². The molecule has 27 heavy (non-hydrogen) atoms. The summed E-state index contributed by atoms with van der Waals surface area (Å²) < 4.78 is 12.9. The van der Waals surface area contributed by atoms with Crippen molar-refractivity contribution in [3.63, 3.8) is 0 Å². The van der Waals surface area contributed by atoms with Crippen molar-refractivity contribution in [1.29, 1.82) is 0 Å². The molecule has 0 aromatic heterocycles. The van der Waals surface area contributed by atoms with Gasteiger partial charge in [0, 0.05) is 37.3 Å². The first-order valence-corrected chi connectivity index (χ1v) is 8.50. The van der Waals surface area contributed by atoms with Gasteiger partial charge in [0.05, 0.1) is 10.8 Å². The van der Waals surface area contributed by atoms with E-state index in [4.69, 9.17) is 0 Å². The minimum Gasteiger partial charge on any atom is -0.342 e. The van der Waals surface area contributed by atoms with E-state index < -0.39 is 10.8 Å². The highest BCUT2D eigenvalue weighted by Gasteiger charge is 2.34. The maximum absolute atomic E-state index is 12.9. The highest BCUT2D eigenvalue weighted by Crippen LogP contribution is 2.22. The Morgan fingerprint density at radius 2 is 2.00 bits per heavy atom. The van der Waals surface area contributed by atoms with E-state index in [1.54, 1.807) is 23.1 Å². The summed E-state index contributed by atoms with van der Waals surface area (Å²) in [4.78, 5) is 36.4. The number of nitro benzene ring substituents is 1. The molecule has 2 aromatic carbocycles. The number of carbonyl (C=O) groups excluding carboxylic acids is 2. The molecule has 0 aliphatic carbocycles. The molecule has 1 unspecified atom stereocenters. The Hall–Kier alpha value is -3.29. The number of nitrogens with zero attached hydrogens (tertiary/aromatic N) is 2. The molecule has 3 rings (SSSR count). The van der Waals surface area contributed by atoms with Crippen LogP contribution in [0, 0.1) is 21.8 Å². The fourth-order valence-electron chi connectivity index (χ4n) is 3.02. The Morgan fingerprint density at radius 1 is 1.26 bits per heavy atom. The number of rotatable bonds is 6. The second kappa shape index (κ2) is 7.94. The molecular weight excluding hydrogens is 353 g/mol. The third kappa shape index (κ3) is 4.66. The van der Waals surface area contributed by atoms with Gasteiger partial charge in [0.15, 0.2) is 0 Å². The summed E-state index contributed by atoms with van der Waals surface area (Å²) in [5, 5.41) is 13.4. The molecule has 2 amide bonds. The van der Waals surface area contributed by atoms with Crippen molar-refractivity contribution in [2.45, 2.75) is 12.8 Å². The summed E-state index contributed by atoms with van der Waals surface area (Å²) in [5.41, 5.74) is 1.12. The lowest BCUT2D eigenvalue weighted by atomic mass is 10.1. The predicted octanol–water partition coefficient (Wildman–Crippen LogP) is 2.76. The zero-order valence-electron chi connectivity index (χ0n) is 14.4. The van der Waals surface area contributed by atoms with Crippen LogP contribution in [0.15, 0.2) is 48.5 Å². The molecule has 1 aliphatic rings. The molecule has 1 fully saturated rings. The first-order chi connectivity index (χ1) is 12.9. The van der Waals surface area contributed by atoms with Crippen LogP contribution in [0.25, 0.3) is 0 Å². The van der Waals surface area contributed by atoms with Crippen LogP contribution < -0.4 is 5.32 Å². The number of amides is 2. The fourth-order valence-corrected chi connectivity index (χ4v) is 3.02. The summed E-state index contributed by atoms with van der Waals surface area (Å²) in [6.45, 7) is 0.742. The largest absolute Gasteiger partial charge is 0.342 e. The van der Waals surface area contributed by atoms with E-state index in [1.807, 2.05) is 0 Å². The topological polar surface area (TPSA) is 92.5 Å². The minimum absolute atomic E-state index is 0.101. The van der Waals surface area contributed by atoms with Crippen LogP contribution in [0.2, 0.25) is 0 Å². The smallest absolute Gasteiger partial charge is 0.271 e. The van der Waals surface area contributed by atoms with E-state index in [0.717, 1.165) is 5.56 Å². The number of nitrogens with one attached hydrogen (secondary N) is 1. The van der Waals surface area contributed by atoms with E-state index in [1.165, 1.54) is 30.3 Å². The Kier molecular flexibility index (Phi) is 5.44. The normalized spacial score (nSPS) is 16.4. The van der Waals surface area contributed by atoms with E-state index >= 15 is 0 Å². The predicted molar refractivity (Wildman–Crippen MR) is 96.5 cm³/mol. The van der Waals surface area contributed by atoms with Crippen LogP contribution in [0.1, 0.15) is 12.0 Å². The second-order valence-corrected chi connectivity index (χ2v) is 6.41. The fraction of sp³-hybridized carbons (Fsp3) is 0.263.